The zero-order valence-electron chi connectivity index (χ0n) is 17.0. The second kappa shape index (κ2) is 9.72. The summed E-state index contributed by atoms with van der Waals surface area (Å²) >= 11 is 1.27. The summed E-state index contributed by atoms with van der Waals surface area (Å²) in [7, 11) is 0. The number of carbonyl (C=O) groups excluding carboxylic acids is 1. The maximum absolute atomic E-state index is 12.4. The molecule has 1 amide bonds. The van der Waals surface area contributed by atoms with E-state index in [-0.39, 0.29) is 16.7 Å². The minimum atomic E-state index is -0.552. The molecule has 31 heavy (non-hydrogen) atoms. The molecular formula is C23H24N4O3S. The van der Waals surface area contributed by atoms with Gasteiger partial charge in [-0.3, -0.25) is 14.2 Å². The van der Waals surface area contributed by atoms with Gasteiger partial charge in [-0.1, -0.05) is 53.8 Å². The first-order valence-electron chi connectivity index (χ1n) is 10.2. The van der Waals surface area contributed by atoms with Crippen molar-refractivity contribution < 1.29 is 9.53 Å². The molecule has 0 fully saturated rings. The summed E-state index contributed by atoms with van der Waals surface area (Å²) < 4.78 is 10.8. The van der Waals surface area contributed by atoms with Gasteiger partial charge in [-0.15, -0.1) is 0 Å². The molecule has 7 nitrogen and oxygen atoms in total. The van der Waals surface area contributed by atoms with E-state index in [1.165, 1.54) is 11.3 Å². The number of nitrogens with zero attached hydrogens (tertiary/aromatic N) is 3. The Morgan fingerprint density at radius 1 is 1.13 bits per heavy atom. The molecule has 2 N–H and O–H groups in total. The van der Waals surface area contributed by atoms with Gasteiger partial charge in [0.15, 0.2) is 0 Å². The number of thiazole rings is 1. The minimum absolute atomic E-state index is 0.0589. The summed E-state index contributed by atoms with van der Waals surface area (Å²) in [6.45, 7) is 1.67. The Bertz CT molecular complexity index is 1210. The highest BCUT2D eigenvalue weighted by molar-refractivity contribution is 7.16. The van der Waals surface area contributed by atoms with Crippen LogP contribution in [-0.2, 0) is 24.4 Å². The number of carbonyl (C=O) groups is 1. The molecule has 0 aliphatic carbocycles. The molecule has 0 aliphatic heterocycles. The number of imidazole rings is 1. The normalized spacial score (nSPS) is 12.3. The van der Waals surface area contributed by atoms with Crippen LogP contribution in [0.15, 0.2) is 71.9 Å². The molecule has 2 aromatic heterocycles. The maximum Gasteiger partial charge on any atom is 0.308 e. The SMILES string of the molecule is NC(=O)c1cn(C[C@H](CCCn2c(=O)sc3ccccc32)OCc2ccccc2)cn1. The average Bonchev–Trinajstić information content (AvgIpc) is 3.37. The fraction of sp³-hybridized carbons (Fsp3) is 0.261. The molecular weight excluding hydrogens is 412 g/mol. The van der Waals surface area contributed by atoms with E-state index in [9.17, 15) is 9.59 Å². The molecule has 4 rings (SSSR count). The topological polar surface area (TPSA) is 92.1 Å². The average molecular weight is 437 g/mol. The Balaban J connectivity index is 1.43. The van der Waals surface area contributed by atoms with E-state index in [0.717, 1.165) is 28.6 Å². The van der Waals surface area contributed by atoms with Gasteiger partial charge in [0.2, 0.25) is 0 Å². The molecule has 0 saturated carbocycles. The van der Waals surface area contributed by atoms with E-state index in [1.54, 1.807) is 12.5 Å². The van der Waals surface area contributed by atoms with Gasteiger partial charge in [0.1, 0.15) is 5.69 Å². The summed E-state index contributed by atoms with van der Waals surface area (Å²) in [6, 6.07) is 17.8. The predicted molar refractivity (Wildman–Crippen MR) is 121 cm³/mol. The van der Waals surface area contributed by atoms with E-state index >= 15 is 0 Å². The van der Waals surface area contributed by atoms with Crippen LogP contribution in [-0.4, -0.2) is 26.1 Å². The van der Waals surface area contributed by atoms with Crippen LogP contribution < -0.4 is 10.6 Å². The first-order chi connectivity index (χ1) is 15.1. The summed E-state index contributed by atoms with van der Waals surface area (Å²) in [6.07, 6.45) is 4.68. The number of benzene rings is 2. The number of para-hydroxylation sites is 1. The Morgan fingerprint density at radius 3 is 2.68 bits per heavy atom. The van der Waals surface area contributed by atoms with E-state index in [0.29, 0.717) is 19.7 Å². The van der Waals surface area contributed by atoms with Gasteiger partial charge >= 0.3 is 4.87 Å². The quantitative estimate of drug-likeness (QED) is 0.412. The minimum Gasteiger partial charge on any atom is -0.372 e. The van der Waals surface area contributed by atoms with Gasteiger partial charge < -0.3 is 15.0 Å². The van der Waals surface area contributed by atoms with Crippen LogP contribution in [0, 0.1) is 0 Å². The molecule has 0 spiro atoms. The molecule has 160 valence electrons. The lowest BCUT2D eigenvalue weighted by molar-refractivity contribution is 0.0218. The van der Waals surface area contributed by atoms with Crippen LogP contribution in [0.25, 0.3) is 10.2 Å². The Hall–Kier alpha value is -3.23. The largest absolute Gasteiger partial charge is 0.372 e. The van der Waals surface area contributed by atoms with Crippen LogP contribution in [0.5, 0.6) is 0 Å². The predicted octanol–water partition coefficient (Wildman–Crippen LogP) is 3.42. The number of hydrogen-bond acceptors (Lipinski definition) is 5. The lowest BCUT2D eigenvalue weighted by Gasteiger charge is -2.19. The second-order valence-electron chi connectivity index (χ2n) is 7.37. The van der Waals surface area contributed by atoms with Crippen LogP contribution in [0.1, 0.15) is 28.9 Å². The van der Waals surface area contributed by atoms with Crippen molar-refractivity contribution in [2.24, 2.45) is 5.73 Å². The number of rotatable bonds is 10. The second-order valence-corrected chi connectivity index (χ2v) is 8.36. The lowest BCUT2D eigenvalue weighted by atomic mass is 10.1. The molecule has 4 aromatic rings. The summed E-state index contributed by atoms with van der Waals surface area (Å²) in [5.74, 6) is -0.552. The highest BCUT2D eigenvalue weighted by Crippen LogP contribution is 2.18. The fourth-order valence-electron chi connectivity index (χ4n) is 3.54. The third-order valence-electron chi connectivity index (χ3n) is 5.11. The molecule has 0 saturated heterocycles. The number of ether oxygens (including phenoxy) is 1. The lowest BCUT2D eigenvalue weighted by Crippen LogP contribution is -2.21. The molecule has 8 heteroatoms. The van der Waals surface area contributed by atoms with E-state index < -0.39 is 5.91 Å². The summed E-state index contributed by atoms with van der Waals surface area (Å²) in [4.78, 5) is 27.8. The van der Waals surface area contributed by atoms with Gasteiger partial charge in [0.25, 0.3) is 5.91 Å². The van der Waals surface area contributed by atoms with E-state index in [1.807, 2.05) is 63.7 Å². The van der Waals surface area contributed by atoms with Crippen LogP contribution in [0.2, 0.25) is 0 Å². The van der Waals surface area contributed by atoms with Gasteiger partial charge in [-0.05, 0) is 30.5 Å². The standard InChI is InChI=1S/C23H24N4O3S/c24-22(28)19-14-26(16-25-19)13-18(30-15-17-7-2-1-3-8-17)9-6-12-27-20-10-4-5-11-21(20)31-23(27)29/h1-5,7-8,10-11,14,16,18H,6,9,12-13,15H2,(H2,24,28)/t18-/m0/s1. The van der Waals surface area contributed by atoms with Gasteiger partial charge in [-0.2, -0.15) is 0 Å². The van der Waals surface area contributed by atoms with Crippen molar-refractivity contribution in [3.63, 3.8) is 0 Å². The molecule has 0 bridgehead atoms. The van der Waals surface area contributed by atoms with Crippen molar-refractivity contribution in [2.75, 3.05) is 0 Å². The third kappa shape index (κ3) is 5.28. The molecule has 2 heterocycles. The number of amides is 1. The number of aryl methyl sites for hydroxylation is 1. The number of nitrogens with two attached hydrogens (primary N) is 1. The highest BCUT2D eigenvalue weighted by Gasteiger charge is 2.14. The van der Waals surface area contributed by atoms with Gasteiger partial charge in [0.05, 0.1) is 29.3 Å². The third-order valence-corrected chi connectivity index (χ3v) is 6.07. The van der Waals surface area contributed by atoms with Crippen molar-refractivity contribution in [2.45, 2.75) is 38.6 Å². The number of aromatic nitrogens is 3. The number of primary amides is 1. The molecule has 2 aromatic carbocycles. The van der Waals surface area contributed by atoms with Crippen molar-refractivity contribution >= 4 is 27.5 Å². The van der Waals surface area contributed by atoms with Crippen LogP contribution in [0.4, 0.5) is 0 Å². The van der Waals surface area contributed by atoms with Crippen LogP contribution in [0.3, 0.4) is 0 Å². The maximum atomic E-state index is 12.4. The fourth-order valence-corrected chi connectivity index (χ4v) is 4.46. The summed E-state index contributed by atoms with van der Waals surface area (Å²) in [5, 5.41) is 0. The summed E-state index contributed by atoms with van der Waals surface area (Å²) in [5.41, 5.74) is 7.61. The van der Waals surface area contributed by atoms with Crippen molar-refractivity contribution in [1.82, 2.24) is 14.1 Å². The van der Waals surface area contributed by atoms with Gasteiger partial charge in [0, 0.05) is 19.3 Å². The van der Waals surface area contributed by atoms with E-state index in [2.05, 4.69) is 4.98 Å². The highest BCUT2D eigenvalue weighted by atomic mass is 32.1. The Kier molecular flexibility index (Phi) is 6.59. The zero-order valence-corrected chi connectivity index (χ0v) is 17.8. The Labute approximate surface area is 183 Å². The first kappa shape index (κ1) is 21.0. The molecule has 1 atom stereocenters. The molecule has 0 radical (unpaired) electrons. The van der Waals surface area contributed by atoms with Gasteiger partial charge in [-0.25, -0.2) is 4.98 Å². The first-order valence-corrected chi connectivity index (χ1v) is 11.0. The zero-order chi connectivity index (χ0) is 21.6. The number of hydrogen-bond donors (Lipinski definition) is 1. The Morgan fingerprint density at radius 2 is 1.90 bits per heavy atom. The molecule has 0 unspecified atom stereocenters. The van der Waals surface area contributed by atoms with Crippen molar-refractivity contribution in [3.8, 4) is 0 Å². The van der Waals surface area contributed by atoms with Crippen molar-refractivity contribution in [3.05, 3.63) is 88.0 Å². The van der Waals surface area contributed by atoms with E-state index in [4.69, 9.17) is 10.5 Å². The molecule has 0 aliphatic rings. The smallest absolute Gasteiger partial charge is 0.308 e. The number of fused-ring (bicyclic) bond motifs is 1. The van der Waals surface area contributed by atoms with Crippen molar-refractivity contribution in [1.29, 1.82) is 0 Å². The monoisotopic (exact) mass is 436 g/mol. The van der Waals surface area contributed by atoms with Crippen LogP contribution >= 0.6 is 11.3 Å².